The molecule has 3 N–H and O–H groups in total. The number of thiophene rings is 2. The standard InChI is InChI=1S/C23H19ClN2O3S2/c1-12-16(10-13-6-4-3-5-7-13)31-23(18(12)21(25)27)26-22(28)20-19(24)15-9-8-14(29-2)11-17(15)30-20/h3-9,11H,10H2,1-2H3,(H2,25,27)(H,26,28). The molecule has 2 aromatic carbocycles. The number of benzene rings is 2. The van der Waals surface area contributed by atoms with Gasteiger partial charge in [-0.3, -0.25) is 9.59 Å². The van der Waals surface area contributed by atoms with E-state index in [-0.39, 0.29) is 5.91 Å². The zero-order chi connectivity index (χ0) is 22.1. The molecule has 2 heterocycles. The molecular formula is C23H19ClN2O3S2. The van der Waals surface area contributed by atoms with E-state index < -0.39 is 5.91 Å². The molecule has 0 saturated carbocycles. The van der Waals surface area contributed by atoms with E-state index >= 15 is 0 Å². The third-order valence-electron chi connectivity index (χ3n) is 4.97. The molecule has 2 amide bonds. The summed E-state index contributed by atoms with van der Waals surface area (Å²) in [4.78, 5) is 26.5. The lowest BCUT2D eigenvalue weighted by Crippen LogP contribution is -2.17. The summed E-state index contributed by atoms with van der Waals surface area (Å²) in [7, 11) is 1.58. The Balaban J connectivity index is 1.68. The van der Waals surface area contributed by atoms with E-state index in [2.05, 4.69) is 5.32 Å². The van der Waals surface area contributed by atoms with Crippen LogP contribution in [0.25, 0.3) is 10.1 Å². The Morgan fingerprint density at radius 3 is 2.55 bits per heavy atom. The molecule has 0 aliphatic rings. The molecule has 0 aliphatic carbocycles. The summed E-state index contributed by atoms with van der Waals surface area (Å²) in [6, 6.07) is 15.4. The van der Waals surface area contributed by atoms with E-state index in [1.807, 2.05) is 49.4 Å². The lowest BCUT2D eigenvalue weighted by atomic mass is 10.1. The molecule has 0 aliphatic heterocycles. The van der Waals surface area contributed by atoms with Crippen molar-refractivity contribution in [3.63, 3.8) is 0 Å². The SMILES string of the molecule is COc1ccc2c(Cl)c(C(=O)Nc3sc(Cc4ccccc4)c(C)c3C(N)=O)sc2c1. The first kappa shape index (κ1) is 21.4. The maximum absolute atomic E-state index is 13.1. The average Bonchev–Trinajstić information content (AvgIpc) is 3.25. The third-order valence-corrected chi connectivity index (χ3v) is 7.83. The van der Waals surface area contributed by atoms with Crippen LogP contribution in [0.15, 0.2) is 48.5 Å². The van der Waals surface area contributed by atoms with E-state index in [1.54, 1.807) is 13.2 Å². The van der Waals surface area contributed by atoms with E-state index in [0.717, 1.165) is 26.1 Å². The Bertz CT molecular complexity index is 1300. The normalized spacial score (nSPS) is 10.9. The summed E-state index contributed by atoms with van der Waals surface area (Å²) < 4.78 is 6.09. The van der Waals surface area contributed by atoms with Gasteiger partial charge >= 0.3 is 0 Å². The number of primary amides is 1. The molecule has 8 heteroatoms. The van der Waals surface area contributed by atoms with Gasteiger partial charge in [0, 0.05) is 21.4 Å². The van der Waals surface area contributed by atoms with Gasteiger partial charge in [0.05, 0.1) is 17.7 Å². The fourth-order valence-corrected chi connectivity index (χ4v) is 6.05. The smallest absolute Gasteiger partial charge is 0.267 e. The second kappa shape index (κ2) is 8.70. The molecule has 0 atom stereocenters. The Morgan fingerprint density at radius 1 is 1.13 bits per heavy atom. The first-order valence-corrected chi connectivity index (χ1v) is 11.4. The summed E-state index contributed by atoms with van der Waals surface area (Å²) >= 11 is 9.11. The van der Waals surface area contributed by atoms with Crippen molar-refractivity contribution in [3.8, 4) is 5.75 Å². The Hall–Kier alpha value is -2.87. The van der Waals surface area contributed by atoms with Crippen molar-refractivity contribution in [1.82, 2.24) is 0 Å². The largest absolute Gasteiger partial charge is 0.497 e. The molecule has 4 aromatic rings. The van der Waals surface area contributed by atoms with Gasteiger partial charge in [-0.1, -0.05) is 41.9 Å². The first-order valence-electron chi connectivity index (χ1n) is 9.42. The number of carbonyl (C=O) groups excluding carboxylic acids is 2. The van der Waals surface area contributed by atoms with Gasteiger partial charge in [0.2, 0.25) is 0 Å². The molecule has 2 aromatic heterocycles. The lowest BCUT2D eigenvalue weighted by molar-refractivity contribution is 0.100. The molecule has 0 radical (unpaired) electrons. The highest BCUT2D eigenvalue weighted by atomic mass is 35.5. The number of hydrogen-bond donors (Lipinski definition) is 2. The molecule has 0 spiro atoms. The predicted molar refractivity (Wildman–Crippen MR) is 128 cm³/mol. The van der Waals surface area contributed by atoms with E-state index in [9.17, 15) is 9.59 Å². The quantitative estimate of drug-likeness (QED) is 0.369. The number of fused-ring (bicyclic) bond motifs is 1. The van der Waals surface area contributed by atoms with Gasteiger partial charge in [0.25, 0.3) is 11.8 Å². The van der Waals surface area contributed by atoms with Crippen LogP contribution in [0.4, 0.5) is 5.00 Å². The zero-order valence-electron chi connectivity index (χ0n) is 16.8. The number of rotatable bonds is 6. The molecule has 5 nitrogen and oxygen atoms in total. The number of nitrogens with one attached hydrogen (secondary N) is 1. The van der Waals surface area contributed by atoms with Gasteiger partial charge in [-0.2, -0.15) is 0 Å². The van der Waals surface area contributed by atoms with Crippen LogP contribution in [0.3, 0.4) is 0 Å². The number of carbonyl (C=O) groups is 2. The maximum Gasteiger partial charge on any atom is 0.267 e. The van der Waals surface area contributed by atoms with Crippen molar-refractivity contribution >= 4 is 61.2 Å². The third kappa shape index (κ3) is 4.17. The number of methoxy groups -OCH3 is 1. The Labute approximate surface area is 192 Å². The summed E-state index contributed by atoms with van der Waals surface area (Å²) in [6.07, 6.45) is 0.650. The van der Waals surface area contributed by atoms with Crippen molar-refractivity contribution in [1.29, 1.82) is 0 Å². The average molecular weight is 471 g/mol. The van der Waals surface area contributed by atoms with Crippen molar-refractivity contribution in [3.05, 3.63) is 80.0 Å². The first-order chi connectivity index (χ1) is 14.9. The van der Waals surface area contributed by atoms with Gasteiger partial charge in [-0.05, 0) is 36.2 Å². The highest BCUT2D eigenvalue weighted by molar-refractivity contribution is 7.22. The number of hydrogen-bond acceptors (Lipinski definition) is 5. The molecule has 31 heavy (non-hydrogen) atoms. The van der Waals surface area contributed by atoms with E-state index in [0.29, 0.717) is 32.6 Å². The van der Waals surface area contributed by atoms with Gasteiger partial charge < -0.3 is 15.8 Å². The highest BCUT2D eigenvalue weighted by Gasteiger charge is 2.24. The minimum Gasteiger partial charge on any atom is -0.497 e. The number of ether oxygens (including phenoxy) is 1. The van der Waals surface area contributed by atoms with Crippen molar-refractivity contribution < 1.29 is 14.3 Å². The van der Waals surface area contributed by atoms with Crippen molar-refractivity contribution in [2.45, 2.75) is 13.3 Å². The van der Waals surface area contributed by atoms with Crippen LogP contribution in [0.1, 0.15) is 36.0 Å². The van der Waals surface area contributed by atoms with Crippen molar-refractivity contribution in [2.24, 2.45) is 5.73 Å². The minimum atomic E-state index is -0.574. The molecule has 158 valence electrons. The fourth-order valence-electron chi connectivity index (χ4n) is 3.37. The second-order valence-electron chi connectivity index (χ2n) is 6.94. The number of halogens is 1. The van der Waals surface area contributed by atoms with Crippen LogP contribution >= 0.6 is 34.3 Å². The maximum atomic E-state index is 13.1. The second-order valence-corrected chi connectivity index (χ2v) is 9.48. The van der Waals surface area contributed by atoms with Crippen LogP contribution in [0, 0.1) is 6.92 Å². The molecule has 0 saturated heterocycles. The number of nitrogens with two attached hydrogens (primary N) is 1. The monoisotopic (exact) mass is 470 g/mol. The molecule has 0 fully saturated rings. The summed E-state index contributed by atoms with van der Waals surface area (Å²) in [6.45, 7) is 1.85. The van der Waals surface area contributed by atoms with Crippen molar-refractivity contribution in [2.75, 3.05) is 12.4 Å². The summed E-state index contributed by atoms with van der Waals surface area (Å²) in [5.74, 6) is -0.261. The Morgan fingerprint density at radius 2 is 1.87 bits per heavy atom. The van der Waals surface area contributed by atoms with Gasteiger partial charge in [-0.25, -0.2) is 0 Å². The highest BCUT2D eigenvalue weighted by Crippen LogP contribution is 2.39. The van der Waals surface area contributed by atoms with Gasteiger partial charge in [-0.15, -0.1) is 22.7 Å². The summed E-state index contributed by atoms with van der Waals surface area (Å²) in [5.41, 5.74) is 7.87. The summed E-state index contributed by atoms with van der Waals surface area (Å²) in [5, 5.41) is 4.45. The predicted octanol–water partition coefficient (Wildman–Crippen LogP) is 5.88. The van der Waals surface area contributed by atoms with Crippen LogP contribution in [-0.2, 0) is 6.42 Å². The molecular weight excluding hydrogens is 452 g/mol. The number of amides is 2. The van der Waals surface area contributed by atoms with Crippen LogP contribution < -0.4 is 15.8 Å². The molecule has 4 rings (SSSR count). The minimum absolute atomic E-state index is 0.336. The fraction of sp³-hybridized carbons (Fsp3) is 0.130. The van der Waals surface area contributed by atoms with Crippen LogP contribution in [0.2, 0.25) is 5.02 Å². The topological polar surface area (TPSA) is 81.4 Å². The van der Waals surface area contributed by atoms with Gasteiger partial charge in [0.1, 0.15) is 15.6 Å². The lowest BCUT2D eigenvalue weighted by Gasteiger charge is -2.04. The molecule has 0 bridgehead atoms. The van der Waals surface area contributed by atoms with E-state index in [1.165, 1.54) is 22.7 Å². The molecule has 0 unspecified atom stereocenters. The Kier molecular flexibility index (Phi) is 6.00. The van der Waals surface area contributed by atoms with E-state index in [4.69, 9.17) is 22.1 Å². The number of anilines is 1. The van der Waals surface area contributed by atoms with Crippen LogP contribution in [0.5, 0.6) is 5.75 Å². The van der Waals surface area contributed by atoms with Crippen LogP contribution in [-0.4, -0.2) is 18.9 Å². The van der Waals surface area contributed by atoms with Gasteiger partial charge in [0.15, 0.2) is 0 Å². The zero-order valence-corrected chi connectivity index (χ0v) is 19.2.